The Kier molecular flexibility index (Phi) is 3.19. The Labute approximate surface area is 101 Å². The van der Waals surface area contributed by atoms with E-state index in [1.165, 1.54) is 0 Å². The lowest BCUT2D eigenvalue weighted by Gasteiger charge is -2.01. The first-order valence-electron chi connectivity index (χ1n) is 5.50. The fraction of sp³-hybridized carbons (Fsp3) is 0.143. The first-order valence-corrected chi connectivity index (χ1v) is 5.50. The average Bonchev–Trinajstić information content (AvgIpc) is 2.30. The van der Waals surface area contributed by atoms with Crippen LogP contribution in [0.25, 0.3) is 0 Å². The van der Waals surface area contributed by atoms with Gasteiger partial charge in [0.15, 0.2) is 0 Å². The van der Waals surface area contributed by atoms with Crippen LogP contribution >= 0.6 is 0 Å². The molecule has 0 aliphatic carbocycles. The summed E-state index contributed by atoms with van der Waals surface area (Å²) in [4.78, 5) is 0. The first-order chi connectivity index (χ1) is 8.16. The summed E-state index contributed by atoms with van der Waals surface area (Å²) >= 11 is 0. The first kappa shape index (κ1) is 11.3. The summed E-state index contributed by atoms with van der Waals surface area (Å²) in [6.07, 6.45) is 0. The smallest absolute Gasteiger partial charge is 0.0887 e. The molecule has 0 atom stereocenters. The third-order valence-electron chi connectivity index (χ3n) is 2.60. The summed E-state index contributed by atoms with van der Waals surface area (Å²) in [5.41, 5.74) is 10.3. The lowest BCUT2D eigenvalue weighted by atomic mass is 10.2. The summed E-state index contributed by atoms with van der Waals surface area (Å²) in [6, 6.07) is 13.5. The molecular formula is C14H15N3. The maximum Gasteiger partial charge on any atom is 0.0887 e. The number of azo groups is 1. The number of nitrogens with two attached hydrogens (primary N) is 1. The van der Waals surface area contributed by atoms with Gasteiger partial charge in [0.25, 0.3) is 0 Å². The van der Waals surface area contributed by atoms with E-state index in [0.29, 0.717) is 0 Å². The molecule has 0 aromatic heterocycles. The fourth-order valence-corrected chi connectivity index (χ4v) is 1.57. The second-order valence-electron chi connectivity index (χ2n) is 4.03. The quantitative estimate of drug-likeness (QED) is 0.601. The molecule has 2 aromatic carbocycles. The fourth-order valence-electron chi connectivity index (χ4n) is 1.57. The van der Waals surface area contributed by atoms with E-state index in [1.54, 1.807) is 0 Å². The molecule has 17 heavy (non-hydrogen) atoms. The monoisotopic (exact) mass is 225 g/mol. The van der Waals surface area contributed by atoms with E-state index < -0.39 is 0 Å². The number of aryl methyl sites for hydroxylation is 2. The van der Waals surface area contributed by atoms with Gasteiger partial charge in [-0.25, -0.2) is 0 Å². The van der Waals surface area contributed by atoms with Gasteiger partial charge in [-0.3, -0.25) is 0 Å². The molecule has 0 fully saturated rings. The standard InChI is InChI=1S/C14H15N3/c1-10-5-3-4-6-13(10)16-17-14-8-7-12(15)9-11(14)2/h3-9H,15H2,1-2H3. The van der Waals surface area contributed by atoms with Crippen LogP contribution in [0.5, 0.6) is 0 Å². The molecule has 3 nitrogen and oxygen atoms in total. The summed E-state index contributed by atoms with van der Waals surface area (Å²) in [7, 11) is 0. The van der Waals surface area contributed by atoms with Crippen molar-refractivity contribution in [2.24, 2.45) is 10.2 Å². The highest BCUT2D eigenvalue weighted by atomic mass is 15.1. The molecule has 2 N–H and O–H groups in total. The summed E-state index contributed by atoms with van der Waals surface area (Å²) in [6.45, 7) is 3.99. The molecule has 86 valence electrons. The minimum Gasteiger partial charge on any atom is -0.399 e. The molecule has 0 saturated heterocycles. The van der Waals surface area contributed by atoms with Gasteiger partial charge in [0.2, 0.25) is 0 Å². The van der Waals surface area contributed by atoms with E-state index in [0.717, 1.165) is 28.2 Å². The molecular weight excluding hydrogens is 210 g/mol. The van der Waals surface area contributed by atoms with E-state index in [1.807, 2.05) is 56.3 Å². The van der Waals surface area contributed by atoms with Gasteiger partial charge < -0.3 is 5.73 Å². The number of rotatable bonds is 2. The van der Waals surface area contributed by atoms with Gasteiger partial charge in [0, 0.05) is 5.69 Å². The zero-order valence-corrected chi connectivity index (χ0v) is 10.0. The van der Waals surface area contributed by atoms with Gasteiger partial charge in [0.05, 0.1) is 11.4 Å². The Morgan fingerprint density at radius 2 is 1.47 bits per heavy atom. The van der Waals surface area contributed by atoms with E-state index in [4.69, 9.17) is 5.73 Å². The highest BCUT2D eigenvalue weighted by Crippen LogP contribution is 2.25. The van der Waals surface area contributed by atoms with Crippen LogP contribution in [0.4, 0.5) is 17.1 Å². The van der Waals surface area contributed by atoms with Gasteiger partial charge in [-0.15, -0.1) is 0 Å². The van der Waals surface area contributed by atoms with Gasteiger partial charge >= 0.3 is 0 Å². The van der Waals surface area contributed by atoms with Crippen molar-refractivity contribution in [1.29, 1.82) is 0 Å². The lowest BCUT2D eigenvalue weighted by molar-refractivity contribution is 1.19. The Morgan fingerprint density at radius 1 is 0.824 bits per heavy atom. The molecule has 0 aliphatic rings. The van der Waals surface area contributed by atoms with Crippen molar-refractivity contribution in [3.05, 3.63) is 53.6 Å². The maximum atomic E-state index is 5.69. The largest absolute Gasteiger partial charge is 0.399 e. The topological polar surface area (TPSA) is 50.7 Å². The molecule has 2 rings (SSSR count). The van der Waals surface area contributed by atoms with Gasteiger partial charge in [-0.2, -0.15) is 10.2 Å². The number of hydrogen-bond donors (Lipinski definition) is 1. The SMILES string of the molecule is Cc1ccccc1N=Nc1ccc(N)cc1C. The van der Waals surface area contributed by atoms with Crippen molar-refractivity contribution < 1.29 is 0 Å². The Balaban J connectivity index is 2.29. The van der Waals surface area contributed by atoms with Gasteiger partial charge in [0.1, 0.15) is 0 Å². The molecule has 0 heterocycles. The number of nitrogens with zero attached hydrogens (tertiary/aromatic N) is 2. The number of nitrogen functional groups attached to an aromatic ring is 1. The predicted octanol–water partition coefficient (Wildman–Crippen LogP) is 4.30. The molecule has 0 unspecified atom stereocenters. The molecule has 3 heteroatoms. The van der Waals surface area contributed by atoms with E-state index in [9.17, 15) is 0 Å². The number of anilines is 1. The third kappa shape index (κ3) is 2.69. The highest BCUT2D eigenvalue weighted by Gasteiger charge is 1.98. The molecule has 2 aromatic rings. The number of hydrogen-bond acceptors (Lipinski definition) is 3. The second-order valence-corrected chi connectivity index (χ2v) is 4.03. The third-order valence-corrected chi connectivity index (χ3v) is 2.60. The van der Waals surface area contributed by atoms with Crippen LogP contribution in [0.1, 0.15) is 11.1 Å². The minimum atomic E-state index is 0.748. The van der Waals surface area contributed by atoms with E-state index in [2.05, 4.69) is 10.2 Å². The van der Waals surface area contributed by atoms with E-state index in [-0.39, 0.29) is 0 Å². The van der Waals surface area contributed by atoms with Crippen LogP contribution in [0.2, 0.25) is 0 Å². The molecule has 0 amide bonds. The van der Waals surface area contributed by atoms with Gasteiger partial charge in [-0.05, 0) is 49.2 Å². The summed E-state index contributed by atoms with van der Waals surface area (Å²) in [5.74, 6) is 0. The minimum absolute atomic E-state index is 0.748. The summed E-state index contributed by atoms with van der Waals surface area (Å²) < 4.78 is 0. The lowest BCUT2D eigenvalue weighted by Crippen LogP contribution is -1.84. The molecule has 0 bridgehead atoms. The normalized spacial score (nSPS) is 10.9. The van der Waals surface area contributed by atoms with E-state index >= 15 is 0 Å². The zero-order chi connectivity index (χ0) is 12.3. The van der Waals surface area contributed by atoms with Crippen molar-refractivity contribution in [3.8, 4) is 0 Å². The summed E-state index contributed by atoms with van der Waals surface area (Å²) in [5, 5.41) is 8.50. The Hall–Kier alpha value is -2.16. The van der Waals surface area contributed by atoms with Gasteiger partial charge in [-0.1, -0.05) is 18.2 Å². The van der Waals surface area contributed by atoms with Crippen molar-refractivity contribution in [2.45, 2.75) is 13.8 Å². The van der Waals surface area contributed by atoms with Crippen LogP contribution < -0.4 is 5.73 Å². The molecule has 0 saturated carbocycles. The van der Waals surface area contributed by atoms with Crippen molar-refractivity contribution in [2.75, 3.05) is 5.73 Å². The van der Waals surface area contributed by atoms with Crippen LogP contribution in [0.15, 0.2) is 52.7 Å². The Morgan fingerprint density at radius 3 is 2.12 bits per heavy atom. The van der Waals surface area contributed by atoms with Crippen LogP contribution in [-0.4, -0.2) is 0 Å². The van der Waals surface area contributed by atoms with Crippen LogP contribution in [0.3, 0.4) is 0 Å². The van der Waals surface area contributed by atoms with Crippen LogP contribution in [-0.2, 0) is 0 Å². The molecule has 0 aliphatic heterocycles. The molecule has 0 radical (unpaired) electrons. The number of benzene rings is 2. The predicted molar refractivity (Wildman–Crippen MR) is 70.9 cm³/mol. The average molecular weight is 225 g/mol. The highest BCUT2D eigenvalue weighted by molar-refractivity contribution is 5.54. The second kappa shape index (κ2) is 4.78. The van der Waals surface area contributed by atoms with Crippen LogP contribution in [0, 0.1) is 13.8 Å². The van der Waals surface area contributed by atoms with Crippen molar-refractivity contribution in [1.82, 2.24) is 0 Å². The zero-order valence-electron chi connectivity index (χ0n) is 10.0. The van der Waals surface area contributed by atoms with Crippen molar-refractivity contribution in [3.63, 3.8) is 0 Å². The Bertz CT molecular complexity index is 559. The van der Waals surface area contributed by atoms with Crippen molar-refractivity contribution >= 4 is 17.1 Å². The molecule has 0 spiro atoms. The maximum absolute atomic E-state index is 5.69.